The molecule has 0 aliphatic heterocycles. The van der Waals surface area contributed by atoms with Crippen LogP contribution < -0.4 is 4.74 Å². The molecule has 114 valence electrons. The minimum Gasteiger partial charge on any atom is -0.494 e. The van der Waals surface area contributed by atoms with Crippen LogP contribution in [-0.2, 0) is 4.74 Å². The third-order valence-corrected chi connectivity index (χ3v) is 4.08. The summed E-state index contributed by atoms with van der Waals surface area (Å²) in [7, 11) is 0. The van der Waals surface area contributed by atoms with Crippen LogP contribution in [0.2, 0.25) is 0 Å². The lowest BCUT2D eigenvalue weighted by Crippen LogP contribution is -2.07. The van der Waals surface area contributed by atoms with Gasteiger partial charge in [-0.25, -0.2) is 0 Å². The molecule has 20 heavy (non-hydrogen) atoms. The topological polar surface area (TPSA) is 18.5 Å². The average molecular weight is 296 g/mol. The van der Waals surface area contributed by atoms with E-state index in [4.69, 9.17) is 9.47 Å². The van der Waals surface area contributed by atoms with Crippen molar-refractivity contribution in [2.75, 3.05) is 26.1 Å². The second kappa shape index (κ2) is 11.0. The number of rotatable bonds is 11. The Morgan fingerprint density at radius 2 is 1.75 bits per heavy atom. The Morgan fingerprint density at radius 3 is 2.40 bits per heavy atom. The fraction of sp³-hybridized carbons (Fsp3) is 0.647. The molecular weight excluding hydrogens is 268 g/mol. The molecule has 1 rings (SSSR count). The molecule has 3 heteroatoms. The lowest BCUT2D eigenvalue weighted by molar-refractivity contribution is 0.116. The SMILES string of the molecule is CCCCOCCC(C)CCOc1ccc(SC)cc1. The Balaban J connectivity index is 2.07. The maximum Gasteiger partial charge on any atom is 0.119 e. The molecule has 0 amide bonds. The second-order valence-corrected chi connectivity index (χ2v) is 6.05. The minimum absolute atomic E-state index is 0.655. The standard InChI is InChI=1S/C17H28O2S/c1-4-5-12-18-13-10-15(2)11-14-19-16-6-8-17(20-3)9-7-16/h6-9,15H,4-5,10-14H2,1-3H3. The fourth-order valence-corrected chi connectivity index (χ4v) is 2.24. The van der Waals surface area contributed by atoms with Gasteiger partial charge in [0.25, 0.3) is 0 Å². The lowest BCUT2D eigenvalue weighted by atomic mass is 10.1. The van der Waals surface area contributed by atoms with Crippen molar-refractivity contribution in [1.82, 2.24) is 0 Å². The first kappa shape index (κ1) is 17.4. The molecule has 2 nitrogen and oxygen atoms in total. The molecule has 0 heterocycles. The number of benzene rings is 1. The van der Waals surface area contributed by atoms with Crippen LogP contribution in [0.15, 0.2) is 29.2 Å². The highest BCUT2D eigenvalue weighted by Gasteiger charge is 2.03. The van der Waals surface area contributed by atoms with Crippen molar-refractivity contribution in [3.63, 3.8) is 0 Å². The van der Waals surface area contributed by atoms with Gasteiger partial charge in [0.15, 0.2) is 0 Å². The summed E-state index contributed by atoms with van der Waals surface area (Å²) in [4.78, 5) is 1.27. The van der Waals surface area contributed by atoms with Gasteiger partial charge in [-0.3, -0.25) is 0 Å². The third kappa shape index (κ3) is 7.81. The molecule has 0 saturated heterocycles. The first-order valence-corrected chi connectivity index (χ1v) is 8.83. The quantitative estimate of drug-likeness (QED) is 0.422. The molecule has 1 aromatic carbocycles. The molecule has 0 aliphatic carbocycles. The van der Waals surface area contributed by atoms with E-state index in [1.807, 2.05) is 12.1 Å². The van der Waals surface area contributed by atoms with E-state index >= 15 is 0 Å². The summed E-state index contributed by atoms with van der Waals surface area (Å²) < 4.78 is 11.4. The smallest absolute Gasteiger partial charge is 0.119 e. The van der Waals surface area contributed by atoms with Crippen LogP contribution in [0.3, 0.4) is 0 Å². The van der Waals surface area contributed by atoms with Gasteiger partial charge in [-0.05, 0) is 55.7 Å². The molecule has 0 radical (unpaired) electrons. The largest absolute Gasteiger partial charge is 0.494 e. The van der Waals surface area contributed by atoms with Gasteiger partial charge in [0.2, 0.25) is 0 Å². The van der Waals surface area contributed by atoms with Gasteiger partial charge in [0.05, 0.1) is 6.61 Å². The monoisotopic (exact) mass is 296 g/mol. The zero-order valence-electron chi connectivity index (χ0n) is 13.1. The summed E-state index contributed by atoms with van der Waals surface area (Å²) in [5, 5.41) is 0. The van der Waals surface area contributed by atoms with Crippen LogP contribution in [0, 0.1) is 5.92 Å². The van der Waals surface area contributed by atoms with E-state index in [0.29, 0.717) is 5.92 Å². The van der Waals surface area contributed by atoms with Gasteiger partial charge in [-0.15, -0.1) is 11.8 Å². The van der Waals surface area contributed by atoms with Crippen molar-refractivity contribution in [3.8, 4) is 5.75 Å². The number of thioether (sulfide) groups is 1. The maximum absolute atomic E-state index is 5.77. The van der Waals surface area contributed by atoms with Gasteiger partial charge < -0.3 is 9.47 Å². The van der Waals surface area contributed by atoms with Crippen molar-refractivity contribution >= 4 is 11.8 Å². The minimum atomic E-state index is 0.655. The van der Waals surface area contributed by atoms with Crippen molar-refractivity contribution in [2.45, 2.75) is 44.4 Å². The molecule has 0 bridgehead atoms. The van der Waals surface area contributed by atoms with E-state index in [1.54, 1.807) is 11.8 Å². The Kier molecular flexibility index (Phi) is 9.60. The van der Waals surface area contributed by atoms with Gasteiger partial charge in [-0.1, -0.05) is 20.3 Å². The van der Waals surface area contributed by atoms with Crippen molar-refractivity contribution in [1.29, 1.82) is 0 Å². The third-order valence-electron chi connectivity index (χ3n) is 3.34. The predicted molar refractivity (Wildman–Crippen MR) is 87.8 cm³/mol. The van der Waals surface area contributed by atoms with E-state index < -0.39 is 0 Å². The van der Waals surface area contributed by atoms with Crippen molar-refractivity contribution in [3.05, 3.63) is 24.3 Å². The fourth-order valence-electron chi connectivity index (χ4n) is 1.83. The predicted octanol–water partition coefficient (Wildman–Crippen LogP) is 5.02. The number of hydrogen-bond donors (Lipinski definition) is 0. The highest BCUT2D eigenvalue weighted by atomic mass is 32.2. The molecule has 0 N–H and O–H groups in total. The van der Waals surface area contributed by atoms with E-state index in [1.165, 1.54) is 17.7 Å². The summed E-state index contributed by atoms with van der Waals surface area (Å²) in [6, 6.07) is 8.30. The van der Waals surface area contributed by atoms with Crippen LogP contribution in [0.4, 0.5) is 0 Å². The highest BCUT2D eigenvalue weighted by molar-refractivity contribution is 7.98. The van der Waals surface area contributed by atoms with Gasteiger partial charge in [-0.2, -0.15) is 0 Å². The zero-order valence-corrected chi connectivity index (χ0v) is 13.9. The van der Waals surface area contributed by atoms with E-state index in [2.05, 4.69) is 32.2 Å². The number of ether oxygens (including phenoxy) is 2. The first-order chi connectivity index (χ1) is 9.76. The van der Waals surface area contributed by atoms with E-state index in [-0.39, 0.29) is 0 Å². The van der Waals surface area contributed by atoms with E-state index in [0.717, 1.165) is 38.4 Å². The molecule has 1 atom stereocenters. The molecule has 0 saturated carbocycles. The molecular formula is C17H28O2S. The Bertz CT molecular complexity index is 337. The van der Waals surface area contributed by atoms with E-state index in [9.17, 15) is 0 Å². The Labute approximate surface area is 128 Å². The van der Waals surface area contributed by atoms with Gasteiger partial charge in [0.1, 0.15) is 5.75 Å². The van der Waals surface area contributed by atoms with Crippen LogP contribution in [0.1, 0.15) is 39.5 Å². The summed E-state index contributed by atoms with van der Waals surface area (Å²) in [5.41, 5.74) is 0. The second-order valence-electron chi connectivity index (χ2n) is 5.17. The molecule has 1 unspecified atom stereocenters. The maximum atomic E-state index is 5.77. The molecule has 0 spiro atoms. The van der Waals surface area contributed by atoms with Crippen molar-refractivity contribution < 1.29 is 9.47 Å². The average Bonchev–Trinajstić information content (AvgIpc) is 2.48. The molecule has 0 aromatic heterocycles. The Hall–Kier alpha value is -0.670. The van der Waals surface area contributed by atoms with Gasteiger partial charge in [0, 0.05) is 18.1 Å². The van der Waals surface area contributed by atoms with Crippen LogP contribution >= 0.6 is 11.8 Å². The Morgan fingerprint density at radius 1 is 1.05 bits per heavy atom. The van der Waals surface area contributed by atoms with Crippen LogP contribution in [0.25, 0.3) is 0 Å². The molecule has 0 fully saturated rings. The normalized spacial score (nSPS) is 12.3. The van der Waals surface area contributed by atoms with Crippen LogP contribution in [0.5, 0.6) is 5.75 Å². The first-order valence-electron chi connectivity index (χ1n) is 7.60. The summed E-state index contributed by atoms with van der Waals surface area (Å²) in [5.74, 6) is 1.62. The van der Waals surface area contributed by atoms with Crippen molar-refractivity contribution in [2.24, 2.45) is 5.92 Å². The highest BCUT2D eigenvalue weighted by Crippen LogP contribution is 2.19. The lowest BCUT2D eigenvalue weighted by Gasteiger charge is -2.12. The molecule has 0 aliphatic rings. The summed E-state index contributed by atoms with van der Waals surface area (Å²) in [6.07, 6.45) is 6.67. The number of hydrogen-bond acceptors (Lipinski definition) is 3. The summed E-state index contributed by atoms with van der Waals surface area (Å²) >= 11 is 1.75. The van der Waals surface area contributed by atoms with Gasteiger partial charge >= 0.3 is 0 Å². The summed E-state index contributed by atoms with van der Waals surface area (Å²) in [6.45, 7) is 7.03. The zero-order chi connectivity index (χ0) is 14.6. The number of unbranched alkanes of at least 4 members (excludes halogenated alkanes) is 1. The van der Waals surface area contributed by atoms with Crippen LogP contribution in [-0.4, -0.2) is 26.1 Å². The molecule has 1 aromatic rings.